The van der Waals surface area contributed by atoms with Crippen LogP contribution in [0.4, 0.5) is 0 Å². The first kappa shape index (κ1) is 19.9. The minimum atomic E-state index is -1.12. The molecule has 29 heavy (non-hydrogen) atoms. The van der Waals surface area contributed by atoms with Gasteiger partial charge in [-0.1, -0.05) is 24.3 Å². The molecule has 0 amide bonds. The summed E-state index contributed by atoms with van der Waals surface area (Å²) in [5.41, 5.74) is 2.26. The second-order valence-corrected chi connectivity index (χ2v) is 8.94. The number of aliphatic hydroxyl groups is 1. The normalized spacial score (nSPS) is 22.2. The zero-order valence-electron chi connectivity index (χ0n) is 17.7. The van der Waals surface area contributed by atoms with E-state index in [1.54, 1.807) is 0 Å². The van der Waals surface area contributed by atoms with Gasteiger partial charge in [0.2, 0.25) is 5.90 Å². The number of nitrogens with zero attached hydrogens (tertiary/aromatic N) is 2. The van der Waals surface area contributed by atoms with E-state index in [2.05, 4.69) is 32.8 Å². The molecule has 0 radical (unpaired) electrons. The lowest BCUT2D eigenvalue weighted by molar-refractivity contribution is 0.0658. The van der Waals surface area contributed by atoms with Gasteiger partial charge in [-0.2, -0.15) is 0 Å². The van der Waals surface area contributed by atoms with Crippen molar-refractivity contribution in [1.82, 2.24) is 4.90 Å². The maximum absolute atomic E-state index is 12.1. The standard InChI is InChI=1S/C24H30N2O3/c1-23(2)16-29-22(25-23)17-10-11-21-20(14-17)24(27,12-7-13-26(3)4)19-9-6-5-8-18(19)15-28-21/h5-6,8-11,14,27H,7,12-13,15-16H2,1-4H3. The summed E-state index contributed by atoms with van der Waals surface area (Å²) in [5.74, 6) is 1.35. The lowest BCUT2D eigenvalue weighted by Gasteiger charge is -2.31. The molecule has 0 saturated carbocycles. The molecule has 2 aliphatic heterocycles. The number of aliphatic imine (C=N–C) groups is 1. The third-order valence-corrected chi connectivity index (χ3v) is 5.63. The van der Waals surface area contributed by atoms with Crippen LogP contribution in [-0.2, 0) is 16.9 Å². The largest absolute Gasteiger partial charge is 0.488 e. The van der Waals surface area contributed by atoms with Crippen molar-refractivity contribution in [3.05, 3.63) is 64.7 Å². The van der Waals surface area contributed by atoms with Crippen LogP contribution >= 0.6 is 0 Å². The van der Waals surface area contributed by atoms with Crippen molar-refractivity contribution in [1.29, 1.82) is 0 Å². The molecule has 0 aliphatic carbocycles. The van der Waals surface area contributed by atoms with E-state index in [-0.39, 0.29) is 5.54 Å². The van der Waals surface area contributed by atoms with E-state index in [0.29, 0.717) is 25.5 Å². The van der Waals surface area contributed by atoms with Gasteiger partial charge < -0.3 is 19.5 Å². The molecule has 4 rings (SSSR count). The van der Waals surface area contributed by atoms with Gasteiger partial charge >= 0.3 is 0 Å². The lowest BCUT2D eigenvalue weighted by atomic mass is 9.80. The number of rotatable bonds is 5. The minimum Gasteiger partial charge on any atom is -0.488 e. The Balaban J connectivity index is 1.80. The van der Waals surface area contributed by atoms with Gasteiger partial charge in [-0.25, -0.2) is 4.99 Å². The summed E-state index contributed by atoms with van der Waals surface area (Å²) in [4.78, 5) is 6.85. The Hall–Kier alpha value is -2.37. The van der Waals surface area contributed by atoms with Crippen LogP contribution in [0, 0.1) is 0 Å². The summed E-state index contributed by atoms with van der Waals surface area (Å²) >= 11 is 0. The first-order valence-electron chi connectivity index (χ1n) is 10.2. The molecule has 5 nitrogen and oxygen atoms in total. The maximum atomic E-state index is 12.1. The predicted octanol–water partition coefficient (Wildman–Crippen LogP) is 3.71. The Bertz CT molecular complexity index is 935. The molecule has 0 spiro atoms. The molecular weight excluding hydrogens is 364 g/mol. The molecule has 154 valence electrons. The van der Waals surface area contributed by atoms with Gasteiger partial charge in [0, 0.05) is 11.1 Å². The van der Waals surface area contributed by atoms with Gasteiger partial charge in [0.05, 0.1) is 5.54 Å². The van der Waals surface area contributed by atoms with Gasteiger partial charge in [-0.05, 0) is 76.7 Å². The lowest BCUT2D eigenvalue weighted by Crippen LogP contribution is -2.29. The Morgan fingerprint density at radius 2 is 1.86 bits per heavy atom. The van der Waals surface area contributed by atoms with Crippen molar-refractivity contribution in [3.8, 4) is 5.75 Å². The predicted molar refractivity (Wildman–Crippen MR) is 115 cm³/mol. The fraction of sp³-hybridized carbons (Fsp3) is 0.458. The quantitative estimate of drug-likeness (QED) is 0.840. The summed E-state index contributed by atoms with van der Waals surface area (Å²) in [6.07, 6.45) is 1.48. The van der Waals surface area contributed by atoms with Crippen molar-refractivity contribution >= 4 is 5.90 Å². The van der Waals surface area contributed by atoms with Gasteiger partial charge in [-0.15, -0.1) is 0 Å². The fourth-order valence-corrected chi connectivity index (χ4v) is 4.12. The van der Waals surface area contributed by atoms with E-state index in [1.807, 2.05) is 42.5 Å². The van der Waals surface area contributed by atoms with Crippen LogP contribution in [-0.4, -0.2) is 48.7 Å². The number of benzene rings is 2. The number of fused-ring (bicyclic) bond motifs is 2. The van der Waals surface area contributed by atoms with Gasteiger partial charge in [0.15, 0.2) is 0 Å². The highest BCUT2D eigenvalue weighted by Gasteiger charge is 2.38. The molecule has 2 aromatic carbocycles. The molecule has 1 unspecified atom stereocenters. The third-order valence-electron chi connectivity index (χ3n) is 5.63. The second kappa shape index (κ2) is 7.47. The maximum Gasteiger partial charge on any atom is 0.216 e. The average Bonchev–Trinajstić information content (AvgIpc) is 3.00. The monoisotopic (exact) mass is 394 g/mol. The second-order valence-electron chi connectivity index (χ2n) is 8.94. The van der Waals surface area contributed by atoms with E-state index < -0.39 is 5.60 Å². The van der Waals surface area contributed by atoms with Crippen molar-refractivity contribution in [2.75, 3.05) is 27.2 Å². The highest BCUT2D eigenvalue weighted by atomic mass is 16.5. The van der Waals surface area contributed by atoms with Crippen LogP contribution in [0.15, 0.2) is 47.5 Å². The summed E-state index contributed by atoms with van der Waals surface area (Å²) in [5, 5.41) is 12.1. The molecule has 1 atom stereocenters. The molecule has 0 fully saturated rings. The van der Waals surface area contributed by atoms with Crippen LogP contribution in [0.1, 0.15) is 48.9 Å². The highest BCUT2D eigenvalue weighted by Crippen LogP contribution is 2.44. The molecule has 1 N–H and O–H groups in total. The van der Waals surface area contributed by atoms with Crippen LogP contribution in [0.2, 0.25) is 0 Å². The highest BCUT2D eigenvalue weighted by molar-refractivity contribution is 5.96. The Morgan fingerprint density at radius 3 is 2.59 bits per heavy atom. The molecule has 2 aromatic rings. The fourth-order valence-electron chi connectivity index (χ4n) is 4.12. The molecule has 5 heteroatoms. The van der Waals surface area contributed by atoms with Crippen LogP contribution in [0.25, 0.3) is 0 Å². The van der Waals surface area contributed by atoms with Crippen LogP contribution in [0.3, 0.4) is 0 Å². The number of ether oxygens (including phenoxy) is 2. The zero-order valence-corrected chi connectivity index (χ0v) is 17.7. The van der Waals surface area contributed by atoms with E-state index >= 15 is 0 Å². The van der Waals surface area contributed by atoms with Gasteiger partial charge in [0.25, 0.3) is 0 Å². The van der Waals surface area contributed by atoms with E-state index in [4.69, 9.17) is 14.5 Å². The third kappa shape index (κ3) is 3.89. The van der Waals surface area contributed by atoms with E-state index in [0.717, 1.165) is 41.0 Å². The van der Waals surface area contributed by atoms with Crippen LogP contribution in [0.5, 0.6) is 5.75 Å². The smallest absolute Gasteiger partial charge is 0.216 e. The topological polar surface area (TPSA) is 54.3 Å². The zero-order chi connectivity index (χ0) is 20.6. The van der Waals surface area contributed by atoms with Crippen molar-refractivity contribution in [3.63, 3.8) is 0 Å². The van der Waals surface area contributed by atoms with Crippen molar-refractivity contribution < 1.29 is 14.6 Å². The Kier molecular flexibility index (Phi) is 5.13. The Morgan fingerprint density at radius 1 is 1.07 bits per heavy atom. The van der Waals surface area contributed by atoms with Crippen molar-refractivity contribution in [2.24, 2.45) is 4.99 Å². The van der Waals surface area contributed by atoms with E-state index in [9.17, 15) is 5.11 Å². The number of hydrogen-bond donors (Lipinski definition) is 1. The first-order valence-corrected chi connectivity index (χ1v) is 10.2. The summed E-state index contributed by atoms with van der Waals surface area (Å²) in [6.45, 7) is 6.03. The first-order chi connectivity index (χ1) is 13.8. The van der Waals surface area contributed by atoms with E-state index in [1.165, 1.54) is 0 Å². The minimum absolute atomic E-state index is 0.229. The molecule has 0 aromatic heterocycles. The molecule has 2 heterocycles. The van der Waals surface area contributed by atoms with Crippen LogP contribution < -0.4 is 4.74 Å². The molecule has 0 saturated heterocycles. The number of hydrogen-bond acceptors (Lipinski definition) is 5. The van der Waals surface area contributed by atoms with Gasteiger partial charge in [-0.3, -0.25) is 0 Å². The SMILES string of the molecule is CN(C)CCCC1(O)c2ccccc2COc2ccc(C3=NC(C)(C)CO3)cc21. The van der Waals surface area contributed by atoms with Gasteiger partial charge in [0.1, 0.15) is 24.6 Å². The Labute approximate surface area is 173 Å². The summed E-state index contributed by atoms with van der Waals surface area (Å²) in [6, 6.07) is 13.9. The summed E-state index contributed by atoms with van der Waals surface area (Å²) in [7, 11) is 4.11. The summed E-state index contributed by atoms with van der Waals surface area (Å²) < 4.78 is 12.0. The molecule has 0 bridgehead atoms. The van der Waals surface area contributed by atoms with Crippen molar-refractivity contribution in [2.45, 2.75) is 44.4 Å². The molecule has 2 aliphatic rings. The average molecular weight is 395 g/mol. The molecular formula is C24H30N2O3.